The van der Waals surface area contributed by atoms with Crippen LogP contribution in [-0.2, 0) is 9.59 Å². The van der Waals surface area contributed by atoms with Crippen LogP contribution >= 0.6 is 12.6 Å². The van der Waals surface area contributed by atoms with Gasteiger partial charge >= 0.3 is 0 Å². The Morgan fingerprint density at radius 1 is 1.28 bits per heavy atom. The van der Waals surface area contributed by atoms with Gasteiger partial charge in [-0.05, 0) is 25.0 Å². The van der Waals surface area contributed by atoms with Crippen molar-refractivity contribution < 1.29 is 9.59 Å². The molecule has 0 saturated carbocycles. The van der Waals surface area contributed by atoms with Crippen LogP contribution in [0.5, 0.6) is 0 Å². The summed E-state index contributed by atoms with van der Waals surface area (Å²) in [5, 5.41) is 5.39. The second-order valence-corrected chi connectivity index (χ2v) is 4.56. The van der Waals surface area contributed by atoms with Crippen LogP contribution in [-0.4, -0.2) is 23.6 Å². The Balaban J connectivity index is 2.83. The van der Waals surface area contributed by atoms with Crippen LogP contribution in [0.2, 0.25) is 0 Å². The molecule has 1 rings (SSSR count). The Bertz CT molecular complexity index is 440. The average Bonchev–Trinajstić information content (AvgIpc) is 2.30. The van der Waals surface area contributed by atoms with Crippen molar-refractivity contribution in [3.63, 3.8) is 0 Å². The number of amides is 2. The SMILES string of the molecule is CC(=O)NC(CS)C(=O)Nc1c(C)cccc1C. The lowest BCUT2D eigenvalue weighted by atomic mass is 10.1. The molecule has 1 atom stereocenters. The Labute approximate surface area is 113 Å². The first-order valence-corrected chi connectivity index (χ1v) is 6.34. The van der Waals surface area contributed by atoms with E-state index in [1.165, 1.54) is 6.92 Å². The maximum absolute atomic E-state index is 12.0. The van der Waals surface area contributed by atoms with Gasteiger partial charge in [0.15, 0.2) is 0 Å². The Morgan fingerprint density at radius 2 is 1.83 bits per heavy atom. The van der Waals surface area contributed by atoms with Crippen molar-refractivity contribution in [1.29, 1.82) is 0 Å². The van der Waals surface area contributed by atoms with Crippen LogP contribution < -0.4 is 10.6 Å². The van der Waals surface area contributed by atoms with Gasteiger partial charge in [-0.2, -0.15) is 12.6 Å². The summed E-state index contributed by atoms with van der Waals surface area (Å²) in [6.07, 6.45) is 0. The number of carbonyl (C=O) groups is 2. The minimum absolute atomic E-state index is 0.245. The molecule has 2 amide bonds. The zero-order valence-corrected chi connectivity index (χ0v) is 11.7. The molecule has 5 heteroatoms. The number of carbonyl (C=O) groups excluding carboxylic acids is 2. The van der Waals surface area contributed by atoms with Crippen molar-refractivity contribution in [3.05, 3.63) is 29.3 Å². The van der Waals surface area contributed by atoms with E-state index in [0.29, 0.717) is 0 Å². The van der Waals surface area contributed by atoms with Crippen LogP contribution in [0, 0.1) is 13.8 Å². The lowest BCUT2D eigenvalue weighted by Gasteiger charge is -2.17. The van der Waals surface area contributed by atoms with Gasteiger partial charge in [0.1, 0.15) is 6.04 Å². The number of nitrogens with one attached hydrogen (secondary N) is 2. The topological polar surface area (TPSA) is 58.2 Å². The van der Waals surface area contributed by atoms with Crippen molar-refractivity contribution in [2.75, 3.05) is 11.1 Å². The van der Waals surface area contributed by atoms with E-state index in [1.54, 1.807) is 0 Å². The molecule has 0 heterocycles. The van der Waals surface area contributed by atoms with Gasteiger partial charge in [0, 0.05) is 18.4 Å². The van der Waals surface area contributed by atoms with Crippen LogP contribution in [0.25, 0.3) is 0 Å². The number of aryl methyl sites for hydroxylation is 2. The predicted molar refractivity (Wildman–Crippen MR) is 76.0 cm³/mol. The summed E-state index contributed by atoms with van der Waals surface area (Å²) in [6, 6.07) is 5.17. The number of para-hydroxylation sites is 1. The van der Waals surface area contributed by atoms with E-state index in [4.69, 9.17) is 0 Å². The summed E-state index contributed by atoms with van der Waals surface area (Å²) < 4.78 is 0. The molecule has 0 radical (unpaired) electrons. The fourth-order valence-electron chi connectivity index (χ4n) is 1.66. The normalized spacial score (nSPS) is 11.8. The van der Waals surface area contributed by atoms with E-state index >= 15 is 0 Å². The van der Waals surface area contributed by atoms with E-state index in [-0.39, 0.29) is 17.6 Å². The van der Waals surface area contributed by atoms with Crippen LogP contribution in [0.3, 0.4) is 0 Å². The van der Waals surface area contributed by atoms with Crippen molar-refractivity contribution >= 4 is 30.1 Å². The van der Waals surface area contributed by atoms with Crippen molar-refractivity contribution in [2.24, 2.45) is 0 Å². The molecule has 98 valence electrons. The molecule has 0 aliphatic heterocycles. The number of anilines is 1. The van der Waals surface area contributed by atoms with Crippen LogP contribution in [0.4, 0.5) is 5.69 Å². The maximum Gasteiger partial charge on any atom is 0.247 e. The number of rotatable bonds is 4. The van der Waals surface area contributed by atoms with Gasteiger partial charge in [-0.15, -0.1) is 0 Å². The number of thiol groups is 1. The molecule has 0 spiro atoms. The monoisotopic (exact) mass is 266 g/mol. The summed E-state index contributed by atoms with van der Waals surface area (Å²) in [6.45, 7) is 5.23. The highest BCUT2D eigenvalue weighted by Gasteiger charge is 2.18. The van der Waals surface area contributed by atoms with Gasteiger partial charge < -0.3 is 10.6 Å². The second kappa shape index (κ2) is 6.44. The largest absolute Gasteiger partial charge is 0.344 e. The zero-order chi connectivity index (χ0) is 13.7. The molecule has 0 aliphatic rings. The first-order chi connectivity index (χ1) is 8.45. The van der Waals surface area contributed by atoms with E-state index in [0.717, 1.165) is 16.8 Å². The fourth-order valence-corrected chi connectivity index (χ4v) is 1.92. The fraction of sp³-hybridized carbons (Fsp3) is 0.385. The molecule has 0 aromatic heterocycles. The van der Waals surface area contributed by atoms with Gasteiger partial charge in [-0.1, -0.05) is 18.2 Å². The maximum atomic E-state index is 12.0. The molecule has 0 aliphatic carbocycles. The minimum atomic E-state index is -0.621. The first-order valence-electron chi connectivity index (χ1n) is 5.70. The molecular weight excluding hydrogens is 248 g/mol. The van der Waals surface area contributed by atoms with Gasteiger partial charge in [0.05, 0.1) is 0 Å². The molecule has 1 aromatic carbocycles. The Kier molecular flexibility index (Phi) is 5.22. The minimum Gasteiger partial charge on any atom is -0.344 e. The molecule has 1 unspecified atom stereocenters. The number of benzene rings is 1. The highest BCUT2D eigenvalue weighted by molar-refractivity contribution is 7.80. The summed E-state index contributed by atoms with van der Waals surface area (Å²) >= 11 is 4.07. The van der Waals surface area contributed by atoms with Gasteiger partial charge in [0.2, 0.25) is 11.8 Å². The molecule has 0 fully saturated rings. The third kappa shape index (κ3) is 3.77. The molecule has 2 N–H and O–H groups in total. The molecular formula is C13H18N2O2S. The van der Waals surface area contributed by atoms with E-state index < -0.39 is 6.04 Å². The van der Waals surface area contributed by atoms with Crippen LogP contribution in [0.1, 0.15) is 18.1 Å². The van der Waals surface area contributed by atoms with Crippen molar-refractivity contribution in [2.45, 2.75) is 26.8 Å². The highest BCUT2D eigenvalue weighted by Crippen LogP contribution is 2.19. The Hall–Kier alpha value is -1.49. The third-order valence-electron chi connectivity index (χ3n) is 2.61. The lowest BCUT2D eigenvalue weighted by molar-refractivity contribution is -0.124. The average molecular weight is 266 g/mol. The van der Waals surface area contributed by atoms with E-state index in [9.17, 15) is 9.59 Å². The van der Waals surface area contributed by atoms with Gasteiger partial charge in [-0.3, -0.25) is 9.59 Å². The molecule has 18 heavy (non-hydrogen) atoms. The van der Waals surface area contributed by atoms with Crippen LogP contribution in [0.15, 0.2) is 18.2 Å². The van der Waals surface area contributed by atoms with Crippen molar-refractivity contribution in [1.82, 2.24) is 5.32 Å². The molecule has 0 bridgehead atoms. The highest BCUT2D eigenvalue weighted by atomic mass is 32.1. The second-order valence-electron chi connectivity index (χ2n) is 4.19. The van der Waals surface area contributed by atoms with Gasteiger partial charge in [0.25, 0.3) is 0 Å². The molecule has 0 saturated heterocycles. The molecule has 1 aromatic rings. The third-order valence-corrected chi connectivity index (χ3v) is 2.97. The predicted octanol–water partition coefficient (Wildman–Crippen LogP) is 1.68. The smallest absolute Gasteiger partial charge is 0.247 e. The van der Waals surface area contributed by atoms with E-state index in [2.05, 4.69) is 23.3 Å². The standard InChI is InChI=1S/C13H18N2O2S/c1-8-5-4-6-9(2)12(8)15-13(17)11(7-18)14-10(3)16/h4-6,11,18H,7H2,1-3H3,(H,14,16)(H,15,17). The summed E-state index contributed by atoms with van der Waals surface area (Å²) in [4.78, 5) is 23.0. The number of hydrogen-bond acceptors (Lipinski definition) is 3. The first kappa shape index (κ1) is 14.6. The zero-order valence-electron chi connectivity index (χ0n) is 10.8. The summed E-state index contributed by atoms with van der Waals surface area (Å²) in [5.74, 6) is -0.237. The quantitative estimate of drug-likeness (QED) is 0.726. The molecule has 4 nitrogen and oxygen atoms in total. The number of hydrogen-bond donors (Lipinski definition) is 3. The lowest BCUT2D eigenvalue weighted by Crippen LogP contribution is -2.44. The van der Waals surface area contributed by atoms with E-state index in [1.807, 2.05) is 32.0 Å². The van der Waals surface area contributed by atoms with Crippen molar-refractivity contribution in [3.8, 4) is 0 Å². The van der Waals surface area contributed by atoms with Gasteiger partial charge in [-0.25, -0.2) is 0 Å². The summed E-state index contributed by atoms with van der Waals surface area (Å²) in [5.41, 5.74) is 2.77. The Morgan fingerprint density at radius 3 is 2.28 bits per heavy atom. The summed E-state index contributed by atoms with van der Waals surface area (Å²) in [7, 11) is 0.